The second kappa shape index (κ2) is 2.65. The smallest absolute Gasteiger partial charge is 0.0466 e. The molecule has 1 heterocycles. The summed E-state index contributed by atoms with van der Waals surface area (Å²) in [6.45, 7) is 4.08. The Morgan fingerprint density at radius 3 is 3.27 bits per heavy atom. The Hall–Kier alpha value is -0.850. The highest BCUT2D eigenvalue weighted by Crippen LogP contribution is 2.28. The first kappa shape index (κ1) is 6.84. The predicted molar refractivity (Wildman–Crippen MR) is 45.3 cm³/mol. The van der Waals surface area contributed by atoms with Crippen LogP contribution < -0.4 is 0 Å². The summed E-state index contributed by atoms with van der Waals surface area (Å²) in [7, 11) is 0. The van der Waals surface area contributed by atoms with Crippen molar-refractivity contribution in [3.63, 3.8) is 0 Å². The Labute approximate surface area is 67.5 Å². The molecule has 0 amide bonds. The van der Waals surface area contributed by atoms with Gasteiger partial charge in [-0.25, -0.2) is 0 Å². The molecule has 2 rings (SSSR count). The molecule has 0 aliphatic heterocycles. The number of aromatic nitrogens is 1. The summed E-state index contributed by atoms with van der Waals surface area (Å²) in [5.74, 6) is 0.431. The van der Waals surface area contributed by atoms with E-state index in [2.05, 4.69) is 18.0 Å². The van der Waals surface area contributed by atoms with Gasteiger partial charge in [0.25, 0.3) is 0 Å². The van der Waals surface area contributed by atoms with Crippen LogP contribution in [0.25, 0.3) is 0 Å². The Bertz CT molecular complexity index is 255. The van der Waals surface area contributed by atoms with Crippen LogP contribution >= 0.6 is 0 Å². The average molecular weight is 146 g/mol. The van der Waals surface area contributed by atoms with Crippen LogP contribution in [0.1, 0.15) is 30.0 Å². The molecule has 1 nitrogen and oxygen atoms in total. The van der Waals surface area contributed by atoms with E-state index in [1.54, 1.807) is 0 Å². The standard InChI is InChI=1S/C10H12N/c1-8-4-2-5-9-6-3-7-11-10(8)9/h3,6-8H,1-2,4-5H2. The van der Waals surface area contributed by atoms with Crippen LogP contribution in [0.4, 0.5) is 0 Å². The van der Waals surface area contributed by atoms with Crippen molar-refractivity contribution in [3.8, 4) is 0 Å². The van der Waals surface area contributed by atoms with Gasteiger partial charge in [0.15, 0.2) is 0 Å². The second-order valence-electron chi connectivity index (χ2n) is 3.14. The van der Waals surface area contributed by atoms with Crippen molar-refractivity contribution < 1.29 is 0 Å². The van der Waals surface area contributed by atoms with E-state index >= 15 is 0 Å². The van der Waals surface area contributed by atoms with Gasteiger partial charge in [0.2, 0.25) is 0 Å². The maximum atomic E-state index is 4.34. The van der Waals surface area contributed by atoms with Gasteiger partial charge in [-0.05, 0) is 37.8 Å². The van der Waals surface area contributed by atoms with Crippen molar-refractivity contribution >= 4 is 0 Å². The van der Waals surface area contributed by atoms with Crippen LogP contribution in [0.3, 0.4) is 0 Å². The first-order valence-corrected chi connectivity index (χ1v) is 4.15. The number of aryl methyl sites for hydroxylation is 1. The molecule has 0 N–H and O–H groups in total. The molecule has 0 spiro atoms. The van der Waals surface area contributed by atoms with E-state index in [0.717, 1.165) is 0 Å². The van der Waals surface area contributed by atoms with Gasteiger partial charge in [-0.2, -0.15) is 0 Å². The van der Waals surface area contributed by atoms with Crippen LogP contribution in [-0.2, 0) is 6.42 Å². The topological polar surface area (TPSA) is 12.9 Å². The van der Waals surface area contributed by atoms with E-state index in [1.165, 1.54) is 30.5 Å². The number of rotatable bonds is 0. The van der Waals surface area contributed by atoms with Gasteiger partial charge in [-0.1, -0.05) is 6.07 Å². The highest BCUT2D eigenvalue weighted by molar-refractivity contribution is 5.26. The molecular formula is C10H12N. The number of hydrogen-bond acceptors (Lipinski definition) is 1. The van der Waals surface area contributed by atoms with Crippen LogP contribution in [0.2, 0.25) is 0 Å². The molecule has 0 bridgehead atoms. The van der Waals surface area contributed by atoms with Crippen LogP contribution in [0, 0.1) is 6.92 Å². The zero-order valence-corrected chi connectivity index (χ0v) is 6.59. The Morgan fingerprint density at radius 1 is 1.55 bits per heavy atom. The van der Waals surface area contributed by atoms with Crippen molar-refractivity contribution in [2.45, 2.75) is 25.2 Å². The minimum absolute atomic E-state index is 0.431. The molecule has 1 atom stereocenters. The first-order valence-electron chi connectivity index (χ1n) is 4.15. The van der Waals surface area contributed by atoms with Crippen molar-refractivity contribution in [3.05, 3.63) is 36.5 Å². The van der Waals surface area contributed by atoms with Gasteiger partial charge in [0, 0.05) is 17.8 Å². The molecule has 1 heteroatoms. The molecule has 0 aromatic carbocycles. The number of pyridine rings is 1. The molecule has 1 radical (unpaired) electrons. The SMILES string of the molecule is [CH2]C1CCCc2cccnc21. The molecule has 1 aliphatic carbocycles. The zero-order chi connectivity index (χ0) is 7.68. The lowest BCUT2D eigenvalue weighted by atomic mass is 9.88. The summed E-state index contributed by atoms with van der Waals surface area (Å²) in [5, 5.41) is 0. The molecule has 1 aromatic heterocycles. The Balaban J connectivity index is 2.44. The quantitative estimate of drug-likeness (QED) is 0.547. The van der Waals surface area contributed by atoms with Crippen molar-refractivity contribution in [2.75, 3.05) is 0 Å². The lowest BCUT2D eigenvalue weighted by Crippen LogP contribution is -2.08. The molecular weight excluding hydrogens is 134 g/mol. The molecule has 57 valence electrons. The third-order valence-corrected chi connectivity index (χ3v) is 2.31. The minimum Gasteiger partial charge on any atom is -0.261 e. The largest absolute Gasteiger partial charge is 0.261 e. The summed E-state index contributed by atoms with van der Waals surface area (Å²) >= 11 is 0. The van der Waals surface area contributed by atoms with E-state index in [0.29, 0.717) is 5.92 Å². The highest BCUT2D eigenvalue weighted by atomic mass is 14.7. The third-order valence-electron chi connectivity index (χ3n) is 2.31. The number of hydrogen-bond donors (Lipinski definition) is 0. The Morgan fingerprint density at radius 2 is 2.45 bits per heavy atom. The van der Waals surface area contributed by atoms with Gasteiger partial charge in [0.05, 0.1) is 0 Å². The van der Waals surface area contributed by atoms with Gasteiger partial charge in [-0.15, -0.1) is 0 Å². The van der Waals surface area contributed by atoms with Crippen LogP contribution in [0.15, 0.2) is 18.3 Å². The first-order chi connectivity index (χ1) is 5.38. The van der Waals surface area contributed by atoms with E-state index in [-0.39, 0.29) is 0 Å². The third kappa shape index (κ3) is 1.15. The van der Waals surface area contributed by atoms with Crippen molar-refractivity contribution in [1.29, 1.82) is 0 Å². The molecule has 0 saturated carbocycles. The number of fused-ring (bicyclic) bond motifs is 1. The van der Waals surface area contributed by atoms with E-state index in [1.807, 2.05) is 12.3 Å². The fourth-order valence-electron chi connectivity index (χ4n) is 1.71. The van der Waals surface area contributed by atoms with E-state index in [9.17, 15) is 0 Å². The van der Waals surface area contributed by atoms with Crippen molar-refractivity contribution in [2.24, 2.45) is 0 Å². The summed E-state index contributed by atoms with van der Waals surface area (Å²) in [5.41, 5.74) is 2.62. The molecule has 1 aliphatic rings. The minimum atomic E-state index is 0.431. The van der Waals surface area contributed by atoms with Gasteiger partial charge in [-0.3, -0.25) is 4.98 Å². The maximum absolute atomic E-state index is 4.34. The summed E-state index contributed by atoms with van der Waals surface area (Å²) < 4.78 is 0. The van der Waals surface area contributed by atoms with Crippen LogP contribution in [0.5, 0.6) is 0 Å². The normalized spacial score (nSPS) is 22.8. The monoisotopic (exact) mass is 146 g/mol. The summed E-state index contributed by atoms with van der Waals surface area (Å²) in [4.78, 5) is 4.34. The van der Waals surface area contributed by atoms with E-state index in [4.69, 9.17) is 0 Å². The molecule has 1 unspecified atom stereocenters. The molecule has 1 aromatic rings. The summed E-state index contributed by atoms with van der Waals surface area (Å²) in [6, 6.07) is 4.18. The Kier molecular flexibility index (Phi) is 1.65. The highest BCUT2D eigenvalue weighted by Gasteiger charge is 2.16. The van der Waals surface area contributed by atoms with Crippen molar-refractivity contribution in [1.82, 2.24) is 4.98 Å². The second-order valence-corrected chi connectivity index (χ2v) is 3.14. The fraction of sp³-hybridized carbons (Fsp3) is 0.400. The number of nitrogens with zero attached hydrogens (tertiary/aromatic N) is 1. The predicted octanol–water partition coefficient (Wildman–Crippen LogP) is 2.34. The molecule has 11 heavy (non-hydrogen) atoms. The zero-order valence-electron chi connectivity index (χ0n) is 6.59. The van der Waals surface area contributed by atoms with Gasteiger partial charge < -0.3 is 0 Å². The van der Waals surface area contributed by atoms with Gasteiger partial charge in [0.1, 0.15) is 0 Å². The van der Waals surface area contributed by atoms with Gasteiger partial charge >= 0.3 is 0 Å². The summed E-state index contributed by atoms with van der Waals surface area (Å²) in [6.07, 6.45) is 5.52. The average Bonchev–Trinajstić information content (AvgIpc) is 2.06. The maximum Gasteiger partial charge on any atom is 0.0466 e. The van der Waals surface area contributed by atoms with E-state index < -0.39 is 0 Å². The lowest BCUT2D eigenvalue weighted by molar-refractivity contribution is 0.609. The molecule has 0 saturated heterocycles. The fourth-order valence-corrected chi connectivity index (χ4v) is 1.71. The lowest BCUT2D eigenvalue weighted by Gasteiger charge is -2.19. The van der Waals surface area contributed by atoms with Crippen LogP contribution in [-0.4, -0.2) is 4.98 Å². The molecule has 0 fully saturated rings.